The van der Waals surface area contributed by atoms with E-state index in [9.17, 15) is 4.79 Å². The highest BCUT2D eigenvalue weighted by Gasteiger charge is 2.11. The summed E-state index contributed by atoms with van der Waals surface area (Å²) >= 11 is 1.84. The Labute approximate surface area is 69.0 Å². The second kappa shape index (κ2) is 2.66. The van der Waals surface area contributed by atoms with Crippen molar-refractivity contribution in [2.75, 3.05) is 0 Å². The SMILES string of the molecule is O=Cc1cnc2c(c1)CSC2. The van der Waals surface area contributed by atoms with Crippen molar-refractivity contribution in [2.45, 2.75) is 11.5 Å². The largest absolute Gasteiger partial charge is 0.298 e. The maximum atomic E-state index is 10.4. The van der Waals surface area contributed by atoms with Crippen LogP contribution in [0.2, 0.25) is 0 Å². The van der Waals surface area contributed by atoms with E-state index in [1.807, 2.05) is 17.8 Å². The molecule has 0 fully saturated rings. The molecule has 0 spiro atoms. The van der Waals surface area contributed by atoms with Crippen molar-refractivity contribution in [2.24, 2.45) is 0 Å². The number of thioether (sulfide) groups is 1. The monoisotopic (exact) mass is 165 g/mol. The lowest BCUT2D eigenvalue weighted by Crippen LogP contribution is -1.90. The van der Waals surface area contributed by atoms with Crippen molar-refractivity contribution >= 4 is 18.0 Å². The first-order valence-corrected chi connectivity index (χ1v) is 4.56. The normalized spacial score (nSPS) is 14.5. The summed E-state index contributed by atoms with van der Waals surface area (Å²) in [5, 5.41) is 0. The van der Waals surface area contributed by atoms with E-state index in [1.165, 1.54) is 5.56 Å². The molecule has 2 heterocycles. The highest BCUT2D eigenvalue weighted by Crippen LogP contribution is 2.27. The molecular weight excluding hydrogens is 158 g/mol. The van der Waals surface area contributed by atoms with Crippen molar-refractivity contribution in [3.05, 3.63) is 29.1 Å². The Morgan fingerprint density at radius 2 is 2.45 bits per heavy atom. The lowest BCUT2D eigenvalue weighted by atomic mass is 10.2. The standard InChI is InChI=1S/C8H7NOS/c10-3-6-1-7-4-11-5-8(7)9-2-6/h1-3H,4-5H2. The van der Waals surface area contributed by atoms with Crippen LogP contribution >= 0.6 is 11.8 Å². The Morgan fingerprint density at radius 1 is 1.55 bits per heavy atom. The van der Waals surface area contributed by atoms with Gasteiger partial charge in [0.1, 0.15) is 0 Å². The molecule has 0 aromatic carbocycles. The summed E-state index contributed by atoms with van der Waals surface area (Å²) in [6.07, 6.45) is 2.48. The topological polar surface area (TPSA) is 30.0 Å². The Hall–Kier alpha value is -0.830. The zero-order valence-electron chi connectivity index (χ0n) is 5.91. The first-order valence-electron chi connectivity index (χ1n) is 3.41. The van der Waals surface area contributed by atoms with Crippen LogP contribution in [0, 0.1) is 0 Å². The van der Waals surface area contributed by atoms with Gasteiger partial charge in [-0.15, -0.1) is 0 Å². The third-order valence-corrected chi connectivity index (χ3v) is 2.71. The average molecular weight is 165 g/mol. The van der Waals surface area contributed by atoms with Gasteiger partial charge < -0.3 is 0 Å². The summed E-state index contributed by atoms with van der Waals surface area (Å²) in [6, 6.07) is 1.93. The molecule has 11 heavy (non-hydrogen) atoms. The van der Waals surface area contributed by atoms with E-state index >= 15 is 0 Å². The number of pyridine rings is 1. The lowest BCUT2D eigenvalue weighted by molar-refractivity contribution is 0.112. The Morgan fingerprint density at radius 3 is 3.27 bits per heavy atom. The number of rotatable bonds is 1. The van der Waals surface area contributed by atoms with Crippen LogP contribution in [-0.2, 0) is 11.5 Å². The summed E-state index contributed by atoms with van der Waals surface area (Å²) in [7, 11) is 0. The number of aldehydes is 1. The lowest BCUT2D eigenvalue weighted by Gasteiger charge is -1.95. The van der Waals surface area contributed by atoms with Gasteiger partial charge in [0.15, 0.2) is 6.29 Å². The molecule has 3 heteroatoms. The molecule has 0 saturated heterocycles. The Bertz CT molecular complexity index is 298. The molecule has 0 bridgehead atoms. The number of aromatic nitrogens is 1. The maximum absolute atomic E-state index is 10.4. The molecule has 0 radical (unpaired) electrons. The van der Waals surface area contributed by atoms with Crippen molar-refractivity contribution in [1.29, 1.82) is 0 Å². The van der Waals surface area contributed by atoms with Gasteiger partial charge in [-0.3, -0.25) is 9.78 Å². The third kappa shape index (κ3) is 1.16. The van der Waals surface area contributed by atoms with Crippen LogP contribution in [0.1, 0.15) is 21.6 Å². The van der Waals surface area contributed by atoms with Gasteiger partial charge in [-0.1, -0.05) is 0 Å². The first-order chi connectivity index (χ1) is 5.40. The number of hydrogen-bond donors (Lipinski definition) is 0. The van der Waals surface area contributed by atoms with Crippen LogP contribution in [-0.4, -0.2) is 11.3 Å². The molecule has 0 N–H and O–H groups in total. The summed E-state index contributed by atoms with van der Waals surface area (Å²) in [6.45, 7) is 0. The quantitative estimate of drug-likeness (QED) is 0.592. The predicted octanol–water partition coefficient (Wildman–Crippen LogP) is 1.64. The molecule has 2 rings (SSSR count). The number of nitrogens with zero attached hydrogens (tertiary/aromatic N) is 1. The molecule has 1 aromatic rings. The Kier molecular flexibility index (Phi) is 1.66. The second-order valence-electron chi connectivity index (χ2n) is 2.49. The predicted molar refractivity (Wildman–Crippen MR) is 44.6 cm³/mol. The molecule has 56 valence electrons. The van der Waals surface area contributed by atoms with Crippen LogP contribution in [0.25, 0.3) is 0 Å². The average Bonchev–Trinajstić information content (AvgIpc) is 2.50. The van der Waals surface area contributed by atoms with E-state index < -0.39 is 0 Å². The zero-order chi connectivity index (χ0) is 7.68. The molecule has 0 unspecified atom stereocenters. The van der Waals surface area contributed by atoms with Crippen molar-refractivity contribution in [3.8, 4) is 0 Å². The summed E-state index contributed by atoms with van der Waals surface area (Å²) in [5.74, 6) is 2.00. The van der Waals surface area contributed by atoms with Crippen molar-refractivity contribution in [1.82, 2.24) is 4.98 Å². The molecule has 1 aromatic heterocycles. The first kappa shape index (κ1) is 6.85. The van der Waals surface area contributed by atoms with E-state index in [4.69, 9.17) is 0 Å². The van der Waals surface area contributed by atoms with Crippen LogP contribution < -0.4 is 0 Å². The number of fused-ring (bicyclic) bond motifs is 1. The minimum atomic E-state index is 0.686. The summed E-state index contributed by atoms with van der Waals surface area (Å²) in [4.78, 5) is 14.5. The van der Waals surface area contributed by atoms with E-state index in [2.05, 4.69) is 4.98 Å². The van der Waals surface area contributed by atoms with E-state index in [0.29, 0.717) is 5.56 Å². The second-order valence-corrected chi connectivity index (χ2v) is 3.47. The van der Waals surface area contributed by atoms with Gasteiger partial charge in [0.05, 0.1) is 5.69 Å². The van der Waals surface area contributed by atoms with Gasteiger partial charge in [-0.2, -0.15) is 11.8 Å². The molecule has 1 aliphatic heterocycles. The number of carbonyl (C=O) groups excluding carboxylic acids is 1. The fourth-order valence-electron chi connectivity index (χ4n) is 1.13. The number of hydrogen-bond acceptors (Lipinski definition) is 3. The highest BCUT2D eigenvalue weighted by molar-refractivity contribution is 7.98. The van der Waals surface area contributed by atoms with Gasteiger partial charge >= 0.3 is 0 Å². The van der Waals surface area contributed by atoms with Crippen LogP contribution in [0.3, 0.4) is 0 Å². The van der Waals surface area contributed by atoms with Crippen LogP contribution in [0.5, 0.6) is 0 Å². The summed E-state index contributed by atoms with van der Waals surface area (Å²) in [5.41, 5.74) is 3.05. The summed E-state index contributed by atoms with van der Waals surface area (Å²) < 4.78 is 0. The smallest absolute Gasteiger partial charge is 0.151 e. The van der Waals surface area contributed by atoms with E-state index in [1.54, 1.807) is 6.20 Å². The molecular formula is C8H7NOS. The zero-order valence-corrected chi connectivity index (χ0v) is 6.73. The van der Waals surface area contributed by atoms with Crippen LogP contribution in [0.15, 0.2) is 12.3 Å². The highest BCUT2D eigenvalue weighted by atomic mass is 32.2. The van der Waals surface area contributed by atoms with Gasteiger partial charge in [0.2, 0.25) is 0 Å². The molecule has 0 amide bonds. The Balaban J connectivity index is 2.48. The number of carbonyl (C=O) groups is 1. The molecule has 0 atom stereocenters. The maximum Gasteiger partial charge on any atom is 0.151 e. The van der Waals surface area contributed by atoms with E-state index in [-0.39, 0.29) is 0 Å². The molecule has 1 aliphatic rings. The van der Waals surface area contributed by atoms with Gasteiger partial charge in [-0.05, 0) is 11.6 Å². The van der Waals surface area contributed by atoms with Crippen molar-refractivity contribution in [3.63, 3.8) is 0 Å². The molecule has 0 saturated carbocycles. The third-order valence-electron chi connectivity index (χ3n) is 1.71. The minimum absolute atomic E-state index is 0.686. The molecule has 0 aliphatic carbocycles. The van der Waals surface area contributed by atoms with Gasteiger partial charge in [0.25, 0.3) is 0 Å². The molecule has 2 nitrogen and oxygen atoms in total. The van der Waals surface area contributed by atoms with Gasteiger partial charge in [-0.25, -0.2) is 0 Å². The van der Waals surface area contributed by atoms with Gasteiger partial charge in [0, 0.05) is 23.3 Å². The minimum Gasteiger partial charge on any atom is -0.298 e. The van der Waals surface area contributed by atoms with E-state index in [0.717, 1.165) is 23.5 Å². The van der Waals surface area contributed by atoms with Crippen molar-refractivity contribution < 1.29 is 4.79 Å². The fraction of sp³-hybridized carbons (Fsp3) is 0.250. The van der Waals surface area contributed by atoms with Crippen LogP contribution in [0.4, 0.5) is 0 Å². The fourth-order valence-corrected chi connectivity index (χ4v) is 2.16.